The fourth-order valence-corrected chi connectivity index (χ4v) is 3.76. The van der Waals surface area contributed by atoms with Gasteiger partial charge >= 0.3 is 11.9 Å². The first-order valence-electron chi connectivity index (χ1n) is 10.4. The Kier molecular flexibility index (Phi) is 7.95. The molecule has 0 aliphatic carbocycles. The number of carbonyl (C=O) groups is 2. The number of ether oxygens (including phenoxy) is 3. The molecule has 0 N–H and O–H groups in total. The zero-order valence-corrected chi connectivity index (χ0v) is 19.1. The first-order chi connectivity index (χ1) is 15.5. The Labute approximate surface area is 193 Å². The minimum absolute atomic E-state index is 0.218. The van der Waals surface area contributed by atoms with Gasteiger partial charge in [-0.3, -0.25) is 0 Å². The molecule has 2 aromatic rings. The summed E-state index contributed by atoms with van der Waals surface area (Å²) >= 11 is 6.21. The molecular weight excluding hydrogens is 430 g/mol. The number of hydrogen-bond donors (Lipinski definition) is 0. The van der Waals surface area contributed by atoms with E-state index in [9.17, 15) is 9.59 Å². The van der Waals surface area contributed by atoms with E-state index in [-0.39, 0.29) is 13.2 Å². The van der Waals surface area contributed by atoms with E-state index in [1.54, 1.807) is 56.5 Å². The Morgan fingerprint density at radius 1 is 0.938 bits per heavy atom. The summed E-state index contributed by atoms with van der Waals surface area (Å²) in [6, 6.07) is 14.7. The van der Waals surface area contributed by atoms with Crippen molar-refractivity contribution in [3.05, 3.63) is 88.2 Å². The monoisotopic (exact) mass is 455 g/mol. The number of carbonyl (C=O) groups excluding carboxylic acids is 2. The van der Waals surface area contributed by atoms with Gasteiger partial charge in [0.25, 0.3) is 0 Å². The third-order valence-electron chi connectivity index (χ3n) is 4.96. The zero-order chi connectivity index (χ0) is 23.1. The molecule has 0 aromatic heterocycles. The van der Waals surface area contributed by atoms with Crippen LogP contribution in [0.2, 0.25) is 5.02 Å². The summed E-state index contributed by atoms with van der Waals surface area (Å²) in [5.74, 6) is -0.892. The van der Waals surface area contributed by atoms with Gasteiger partial charge in [0.05, 0.1) is 37.4 Å². The Hall–Kier alpha value is -3.25. The average Bonchev–Trinajstić information content (AvgIpc) is 2.79. The molecule has 0 radical (unpaired) electrons. The van der Waals surface area contributed by atoms with Crippen LogP contribution in [0.3, 0.4) is 0 Å². The minimum Gasteiger partial charge on any atom is -0.497 e. The van der Waals surface area contributed by atoms with Gasteiger partial charge in [-0.05, 0) is 49.2 Å². The van der Waals surface area contributed by atoms with Crippen LogP contribution in [0.15, 0.2) is 72.1 Å². The summed E-state index contributed by atoms with van der Waals surface area (Å²) in [6.45, 7) is 4.36. The molecule has 0 saturated heterocycles. The minimum atomic E-state index is -0.654. The van der Waals surface area contributed by atoms with Crippen molar-refractivity contribution in [2.75, 3.05) is 20.3 Å². The zero-order valence-electron chi connectivity index (χ0n) is 18.3. The van der Waals surface area contributed by atoms with Crippen molar-refractivity contribution in [2.24, 2.45) is 0 Å². The van der Waals surface area contributed by atoms with Crippen molar-refractivity contribution >= 4 is 23.5 Å². The highest BCUT2D eigenvalue weighted by Crippen LogP contribution is 2.38. The summed E-state index contributed by atoms with van der Waals surface area (Å²) in [5.41, 5.74) is 2.37. The first kappa shape index (κ1) is 23.4. The van der Waals surface area contributed by atoms with E-state index in [1.807, 2.05) is 30.3 Å². The summed E-state index contributed by atoms with van der Waals surface area (Å²) in [4.78, 5) is 27.6. The van der Waals surface area contributed by atoms with Crippen LogP contribution in [-0.2, 0) is 25.6 Å². The predicted molar refractivity (Wildman–Crippen MR) is 122 cm³/mol. The van der Waals surface area contributed by atoms with E-state index in [2.05, 4.69) is 0 Å². The van der Waals surface area contributed by atoms with E-state index >= 15 is 0 Å². The molecule has 1 aliphatic heterocycles. The fourth-order valence-electron chi connectivity index (χ4n) is 3.56. The van der Waals surface area contributed by atoms with E-state index in [4.69, 9.17) is 25.8 Å². The maximum absolute atomic E-state index is 12.9. The molecule has 0 amide bonds. The lowest BCUT2D eigenvalue weighted by atomic mass is 9.83. The highest BCUT2D eigenvalue weighted by atomic mass is 35.5. The maximum atomic E-state index is 12.9. The number of benzene rings is 2. The van der Waals surface area contributed by atoms with Crippen molar-refractivity contribution in [3.63, 3.8) is 0 Å². The van der Waals surface area contributed by atoms with Gasteiger partial charge in [0.15, 0.2) is 0 Å². The topological polar surface area (TPSA) is 65.1 Å². The molecular formula is C25H26ClNO5. The normalized spacial score (nSPS) is 13.8. The summed E-state index contributed by atoms with van der Waals surface area (Å²) in [6.07, 6.45) is 3.44. The SMILES string of the molecule is CCOC(=O)C1=CN(Cc2ccc(OC)cc2)C=C(C(=O)OCC)C1c1cccc(Cl)c1. The second-order valence-corrected chi connectivity index (χ2v) is 7.55. The van der Waals surface area contributed by atoms with Gasteiger partial charge in [-0.2, -0.15) is 0 Å². The molecule has 0 fully saturated rings. The van der Waals surface area contributed by atoms with Crippen LogP contribution >= 0.6 is 11.6 Å². The van der Waals surface area contributed by atoms with Crippen molar-refractivity contribution in [1.29, 1.82) is 0 Å². The number of rotatable bonds is 8. The largest absolute Gasteiger partial charge is 0.497 e. The van der Waals surface area contributed by atoms with Crippen LogP contribution in [0.25, 0.3) is 0 Å². The average molecular weight is 456 g/mol. The van der Waals surface area contributed by atoms with Crippen molar-refractivity contribution in [1.82, 2.24) is 4.90 Å². The number of hydrogen-bond acceptors (Lipinski definition) is 6. The van der Waals surface area contributed by atoms with Crippen molar-refractivity contribution in [3.8, 4) is 5.75 Å². The Bertz CT molecular complexity index is 993. The van der Waals surface area contributed by atoms with Gasteiger partial charge in [0, 0.05) is 24.0 Å². The van der Waals surface area contributed by atoms with Crippen molar-refractivity contribution in [2.45, 2.75) is 26.3 Å². The van der Waals surface area contributed by atoms with E-state index < -0.39 is 17.9 Å². The van der Waals surface area contributed by atoms with Crippen LogP contribution in [0.1, 0.15) is 30.9 Å². The molecule has 2 aromatic carbocycles. The number of nitrogens with zero attached hydrogens (tertiary/aromatic N) is 1. The number of methoxy groups -OCH3 is 1. The molecule has 0 unspecified atom stereocenters. The van der Waals surface area contributed by atoms with Gasteiger partial charge in [0.2, 0.25) is 0 Å². The Morgan fingerprint density at radius 2 is 1.53 bits per heavy atom. The molecule has 168 valence electrons. The highest BCUT2D eigenvalue weighted by Gasteiger charge is 2.35. The quantitative estimate of drug-likeness (QED) is 0.530. The second-order valence-electron chi connectivity index (χ2n) is 7.12. The van der Waals surface area contributed by atoms with E-state index in [0.29, 0.717) is 28.3 Å². The Balaban J connectivity index is 2.05. The molecule has 3 rings (SSSR count). The molecule has 0 atom stereocenters. The predicted octanol–water partition coefficient (Wildman–Crippen LogP) is 4.84. The van der Waals surface area contributed by atoms with E-state index in [0.717, 1.165) is 11.3 Å². The summed E-state index contributed by atoms with van der Waals surface area (Å²) in [5, 5.41) is 0.509. The Morgan fingerprint density at radius 3 is 2.03 bits per heavy atom. The van der Waals surface area contributed by atoms with Crippen LogP contribution in [0, 0.1) is 0 Å². The lowest BCUT2D eigenvalue weighted by Gasteiger charge is -2.30. The molecule has 0 saturated carbocycles. The number of esters is 2. The van der Waals surface area contributed by atoms with Gasteiger partial charge in [0.1, 0.15) is 5.75 Å². The summed E-state index contributed by atoms with van der Waals surface area (Å²) in [7, 11) is 1.61. The van der Waals surface area contributed by atoms with E-state index in [1.165, 1.54) is 0 Å². The van der Waals surface area contributed by atoms with Crippen LogP contribution in [-0.4, -0.2) is 37.2 Å². The second kappa shape index (κ2) is 10.9. The van der Waals surface area contributed by atoms with Crippen LogP contribution < -0.4 is 4.74 Å². The fraction of sp³-hybridized carbons (Fsp3) is 0.280. The molecule has 32 heavy (non-hydrogen) atoms. The molecule has 1 aliphatic rings. The van der Waals surface area contributed by atoms with Gasteiger partial charge < -0.3 is 19.1 Å². The van der Waals surface area contributed by atoms with Gasteiger partial charge in [-0.1, -0.05) is 35.9 Å². The molecule has 7 heteroatoms. The maximum Gasteiger partial charge on any atom is 0.336 e. The third kappa shape index (κ3) is 5.51. The lowest BCUT2D eigenvalue weighted by molar-refractivity contribution is -0.139. The highest BCUT2D eigenvalue weighted by molar-refractivity contribution is 6.30. The molecule has 0 spiro atoms. The molecule has 0 bridgehead atoms. The van der Waals surface area contributed by atoms with Gasteiger partial charge in [-0.15, -0.1) is 0 Å². The standard InChI is InChI=1S/C25H26ClNO5/c1-4-31-24(28)21-15-27(14-17-9-11-20(30-3)12-10-17)16-22(25(29)32-5-2)23(21)18-7-6-8-19(26)13-18/h6-13,15-16,23H,4-5,14H2,1-3H3. The molecule has 6 nitrogen and oxygen atoms in total. The van der Waals surface area contributed by atoms with Crippen molar-refractivity contribution < 1.29 is 23.8 Å². The third-order valence-corrected chi connectivity index (χ3v) is 5.20. The summed E-state index contributed by atoms with van der Waals surface area (Å²) < 4.78 is 15.8. The van der Waals surface area contributed by atoms with Crippen LogP contribution in [0.4, 0.5) is 0 Å². The molecule has 1 heterocycles. The number of halogens is 1. The van der Waals surface area contributed by atoms with Gasteiger partial charge in [-0.25, -0.2) is 9.59 Å². The smallest absolute Gasteiger partial charge is 0.336 e. The van der Waals surface area contributed by atoms with Crippen LogP contribution in [0.5, 0.6) is 5.75 Å². The lowest BCUT2D eigenvalue weighted by Crippen LogP contribution is -2.29. The first-order valence-corrected chi connectivity index (χ1v) is 10.8.